The molecule has 0 spiro atoms. The Morgan fingerprint density at radius 2 is 2.15 bits per heavy atom. The van der Waals surface area contributed by atoms with Crippen molar-refractivity contribution >= 4 is 35.3 Å². The molecule has 1 atom stereocenters. The van der Waals surface area contributed by atoms with E-state index < -0.39 is 12.0 Å². The first-order chi connectivity index (χ1) is 13.0. The zero-order chi connectivity index (χ0) is 19.4. The van der Waals surface area contributed by atoms with Crippen molar-refractivity contribution in [1.29, 1.82) is 0 Å². The minimum absolute atomic E-state index is 0.0516. The van der Waals surface area contributed by atoms with E-state index in [1.807, 2.05) is 6.07 Å². The predicted octanol–water partition coefficient (Wildman–Crippen LogP) is 3.39. The van der Waals surface area contributed by atoms with Crippen LogP contribution in [-0.2, 0) is 4.79 Å². The van der Waals surface area contributed by atoms with Crippen LogP contribution in [0.1, 0.15) is 12.5 Å². The van der Waals surface area contributed by atoms with E-state index in [-0.39, 0.29) is 33.7 Å². The van der Waals surface area contributed by atoms with Gasteiger partial charge in [0, 0.05) is 6.07 Å². The normalized spacial score (nSPS) is 15.6. The van der Waals surface area contributed by atoms with E-state index in [0.717, 1.165) is 0 Å². The Morgan fingerprint density at radius 3 is 2.89 bits per heavy atom. The number of benzene rings is 2. The number of nitrogens with one attached hydrogen (secondary N) is 1. The Bertz CT molecular complexity index is 888. The monoisotopic (exact) mass is 410 g/mol. The second-order valence-electron chi connectivity index (χ2n) is 5.46. The number of para-hydroxylation sites is 2. The summed E-state index contributed by atoms with van der Waals surface area (Å²) in [5.41, 5.74) is 2.45. The number of rotatable bonds is 5. The fraction of sp³-hybridized carbons (Fsp3) is 0.222. The summed E-state index contributed by atoms with van der Waals surface area (Å²) in [6.45, 7) is 2.15. The average molecular weight is 411 g/mol. The summed E-state index contributed by atoms with van der Waals surface area (Å²) >= 11 is 12.1. The third kappa shape index (κ3) is 4.20. The fourth-order valence-electron chi connectivity index (χ4n) is 2.38. The lowest BCUT2D eigenvalue weighted by Crippen LogP contribution is -2.42. The van der Waals surface area contributed by atoms with Gasteiger partial charge in [-0.25, -0.2) is 5.43 Å². The molecule has 1 unspecified atom stereocenters. The molecular formula is C18H16Cl2N2O5. The third-order valence-corrected chi connectivity index (χ3v) is 4.46. The molecule has 1 aliphatic rings. The average Bonchev–Trinajstić information content (AvgIpc) is 2.68. The van der Waals surface area contributed by atoms with Crippen molar-refractivity contribution in [3.8, 4) is 23.0 Å². The van der Waals surface area contributed by atoms with Crippen molar-refractivity contribution in [2.24, 2.45) is 5.10 Å². The van der Waals surface area contributed by atoms with Gasteiger partial charge in [-0.1, -0.05) is 35.3 Å². The van der Waals surface area contributed by atoms with Crippen molar-refractivity contribution in [3.63, 3.8) is 0 Å². The van der Waals surface area contributed by atoms with E-state index in [4.69, 9.17) is 37.4 Å². The van der Waals surface area contributed by atoms with Crippen LogP contribution in [-0.4, -0.2) is 36.5 Å². The smallest absolute Gasteiger partial charge is 0.284 e. The molecule has 2 N–H and O–H groups in total. The molecule has 0 saturated heterocycles. The second-order valence-corrected chi connectivity index (χ2v) is 6.25. The quantitative estimate of drug-likeness (QED) is 0.582. The third-order valence-electron chi connectivity index (χ3n) is 3.66. The SMILES string of the molecule is CCOc1cc(Cl)c(Cl)c(/C=N/NC(=O)C2COc3ccccc3O2)c1O. The number of hydrazone groups is 1. The second kappa shape index (κ2) is 8.37. The van der Waals surface area contributed by atoms with Gasteiger partial charge in [-0.3, -0.25) is 4.79 Å². The van der Waals surface area contributed by atoms with Crippen LogP contribution in [0.4, 0.5) is 0 Å². The van der Waals surface area contributed by atoms with Gasteiger partial charge in [-0.05, 0) is 19.1 Å². The highest BCUT2D eigenvalue weighted by atomic mass is 35.5. The van der Waals surface area contributed by atoms with Crippen LogP contribution in [0.5, 0.6) is 23.0 Å². The molecule has 2 aromatic rings. The maximum atomic E-state index is 12.2. The van der Waals surface area contributed by atoms with Crippen molar-refractivity contribution in [3.05, 3.63) is 45.9 Å². The molecule has 7 nitrogen and oxygen atoms in total. The molecule has 1 aliphatic heterocycles. The lowest BCUT2D eigenvalue weighted by Gasteiger charge is -2.24. The van der Waals surface area contributed by atoms with Gasteiger partial charge >= 0.3 is 0 Å². The zero-order valence-electron chi connectivity index (χ0n) is 14.2. The Morgan fingerprint density at radius 1 is 1.41 bits per heavy atom. The van der Waals surface area contributed by atoms with E-state index in [0.29, 0.717) is 18.1 Å². The van der Waals surface area contributed by atoms with Gasteiger partial charge < -0.3 is 19.3 Å². The number of halogens is 2. The Kier molecular flexibility index (Phi) is 5.93. The zero-order valence-corrected chi connectivity index (χ0v) is 15.8. The van der Waals surface area contributed by atoms with Gasteiger partial charge in [0.05, 0.1) is 28.4 Å². The molecule has 2 aromatic carbocycles. The molecule has 0 aromatic heterocycles. The van der Waals surface area contributed by atoms with Crippen molar-refractivity contribution in [1.82, 2.24) is 5.43 Å². The molecule has 0 radical (unpaired) electrons. The first-order valence-corrected chi connectivity index (χ1v) is 8.82. The minimum atomic E-state index is -0.862. The number of hydrogen-bond acceptors (Lipinski definition) is 6. The lowest BCUT2D eigenvalue weighted by atomic mass is 10.2. The summed E-state index contributed by atoms with van der Waals surface area (Å²) in [6.07, 6.45) is 0.321. The van der Waals surface area contributed by atoms with Gasteiger partial charge in [-0.2, -0.15) is 5.10 Å². The number of phenolic OH excluding ortho intramolecular Hbond substituents is 1. The van der Waals surface area contributed by atoms with Crippen molar-refractivity contribution < 1.29 is 24.1 Å². The number of amides is 1. The standard InChI is InChI=1S/C18H16Cl2N2O5/c1-2-25-14-7-11(19)16(20)10(17(14)23)8-21-22-18(24)15-9-26-12-5-3-4-6-13(12)27-15/h3-8,15,23H,2,9H2,1H3,(H,22,24)/b21-8+. The molecular weight excluding hydrogens is 395 g/mol. The molecule has 0 fully saturated rings. The van der Waals surface area contributed by atoms with Crippen molar-refractivity contribution in [2.75, 3.05) is 13.2 Å². The largest absolute Gasteiger partial charge is 0.504 e. The van der Waals surface area contributed by atoms with Gasteiger partial charge in [0.1, 0.15) is 6.61 Å². The number of hydrogen-bond donors (Lipinski definition) is 2. The van der Waals surface area contributed by atoms with Crippen LogP contribution in [0.2, 0.25) is 10.0 Å². The summed E-state index contributed by atoms with van der Waals surface area (Å²) in [5.74, 6) is 0.480. The van der Waals surface area contributed by atoms with Crippen LogP contribution in [0.3, 0.4) is 0 Å². The highest BCUT2D eigenvalue weighted by molar-refractivity contribution is 6.43. The Balaban J connectivity index is 1.70. The Hall–Kier alpha value is -2.64. The Labute approximate surface area is 165 Å². The van der Waals surface area contributed by atoms with Gasteiger partial charge in [0.25, 0.3) is 5.91 Å². The van der Waals surface area contributed by atoms with E-state index in [9.17, 15) is 9.90 Å². The molecule has 142 valence electrons. The molecule has 0 saturated carbocycles. The topological polar surface area (TPSA) is 89.4 Å². The highest BCUT2D eigenvalue weighted by Crippen LogP contribution is 2.39. The number of carbonyl (C=O) groups excluding carboxylic acids is 1. The first kappa shape index (κ1) is 19.1. The van der Waals surface area contributed by atoms with E-state index in [1.165, 1.54) is 12.3 Å². The number of aromatic hydroxyl groups is 1. The summed E-state index contributed by atoms with van der Waals surface area (Å²) in [4.78, 5) is 12.2. The maximum absolute atomic E-state index is 12.2. The van der Waals surface area contributed by atoms with Crippen LogP contribution in [0.15, 0.2) is 35.4 Å². The van der Waals surface area contributed by atoms with Gasteiger partial charge in [0.2, 0.25) is 6.10 Å². The molecule has 3 rings (SSSR count). The maximum Gasteiger partial charge on any atom is 0.284 e. The number of fused-ring (bicyclic) bond motifs is 1. The summed E-state index contributed by atoms with van der Waals surface area (Å²) in [7, 11) is 0. The lowest BCUT2D eigenvalue weighted by molar-refractivity contribution is -0.130. The highest BCUT2D eigenvalue weighted by Gasteiger charge is 2.27. The van der Waals surface area contributed by atoms with Crippen LogP contribution in [0.25, 0.3) is 0 Å². The number of ether oxygens (including phenoxy) is 3. The molecule has 0 aliphatic carbocycles. The molecule has 0 bridgehead atoms. The first-order valence-electron chi connectivity index (χ1n) is 8.06. The van der Waals surface area contributed by atoms with Crippen LogP contribution in [0, 0.1) is 0 Å². The summed E-state index contributed by atoms with van der Waals surface area (Å²) in [5, 5.41) is 14.3. The van der Waals surface area contributed by atoms with Crippen molar-refractivity contribution in [2.45, 2.75) is 13.0 Å². The molecule has 1 amide bonds. The molecule has 1 heterocycles. The number of phenols is 1. The minimum Gasteiger partial charge on any atom is -0.504 e. The number of nitrogens with zero attached hydrogens (tertiary/aromatic N) is 1. The summed E-state index contributed by atoms with van der Waals surface area (Å²) in [6, 6.07) is 8.45. The van der Waals surface area contributed by atoms with E-state index in [2.05, 4.69) is 10.5 Å². The van der Waals surface area contributed by atoms with Crippen LogP contribution < -0.4 is 19.6 Å². The van der Waals surface area contributed by atoms with E-state index in [1.54, 1.807) is 25.1 Å². The molecule has 9 heteroatoms. The summed E-state index contributed by atoms with van der Waals surface area (Å²) < 4.78 is 16.4. The van der Waals surface area contributed by atoms with Gasteiger partial charge in [0.15, 0.2) is 23.0 Å². The van der Waals surface area contributed by atoms with E-state index >= 15 is 0 Å². The predicted molar refractivity (Wildman–Crippen MR) is 101 cm³/mol. The number of carbonyl (C=O) groups is 1. The van der Waals surface area contributed by atoms with Gasteiger partial charge in [-0.15, -0.1) is 0 Å². The van der Waals surface area contributed by atoms with Crippen LogP contribution >= 0.6 is 23.2 Å². The fourth-order valence-corrected chi connectivity index (χ4v) is 2.77. The molecule has 27 heavy (non-hydrogen) atoms.